The molecule has 0 amide bonds. The van der Waals surface area contributed by atoms with Gasteiger partial charge in [-0.25, -0.2) is 0 Å². The van der Waals surface area contributed by atoms with Gasteiger partial charge in [0.15, 0.2) is 0 Å². The van der Waals surface area contributed by atoms with Crippen LogP contribution in [0.3, 0.4) is 0 Å². The van der Waals surface area contributed by atoms with E-state index >= 15 is 0 Å². The van der Waals surface area contributed by atoms with Crippen LogP contribution in [0, 0.1) is 6.92 Å². The van der Waals surface area contributed by atoms with Gasteiger partial charge in [-0.2, -0.15) is 0 Å². The first-order valence-electron chi connectivity index (χ1n) is 7.95. The van der Waals surface area contributed by atoms with E-state index in [9.17, 15) is 0 Å². The maximum Gasteiger partial charge on any atom is -0.00301 e. The lowest BCUT2D eigenvalue weighted by Crippen LogP contribution is -1.97. The third-order valence-corrected chi connectivity index (χ3v) is 4.11. The first kappa shape index (κ1) is 16.8. The minimum atomic E-state index is 1.18. The Kier molecular flexibility index (Phi) is 5.54. The van der Waals surface area contributed by atoms with Crippen molar-refractivity contribution in [3.05, 3.63) is 90.1 Å². The van der Waals surface area contributed by atoms with E-state index < -0.39 is 0 Å². The van der Waals surface area contributed by atoms with Gasteiger partial charge in [0.25, 0.3) is 0 Å². The Morgan fingerprint density at radius 3 is 2.26 bits per heavy atom. The Balaban J connectivity index is 3.01. The van der Waals surface area contributed by atoms with Gasteiger partial charge in [-0.3, -0.25) is 0 Å². The second kappa shape index (κ2) is 7.60. The number of fused-ring (bicyclic) bond motifs is 1. The summed E-state index contributed by atoms with van der Waals surface area (Å²) in [6.07, 6.45) is 14.3. The van der Waals surface area contributed by atoms with Crippen molar-refractivity contribution in [2.45, 2.75) is 20.8 Å². The Hall–Kier alpha value is -2.60. The van der Waals surface area contributed by atoms with Crippen LogP contribution in [0.2, 0.25) is 0 Å². The smallest absolute Gasteiger partial charge is 0.00301 e. The van der Waals surface area contributed by atoms with Crippen molar-refractivity contribution in [1.82, 2.24) is 0 Å². The van der Waals surface area contributed by atoms with Gasteiger partial charge in [0.2, 0.25) is 0 Å². The zero-order valence-corrected chi connectivity index (χ0v) is 14.3. The summed E-state index contributed by atoms with van der Waals surface area (Å²) in [4.78, 5) is 0. The number of allylic oxidation sites excluding steroid dienone is 6. The molecule has 0 aromatic heterocycles. The number of hydrogen-bond donors (Lipinski definition) is 0. The van der Waals surface area contributed by atoms with Crippen molar-refractivity contribution in [3.63, 3.8) is 0 Å². The van der Waals surface area contributed by atoms with Gasteiger partial charge in [0, 0.05) is 0 Å². The highest BCUT2D eigenvalue weighted by Gasteiger charge is 2.15. The highest BCUT2D eigenvalue weighted by Crippen LogP contribution is 2.36. The minimum absolute atomic E-state index is 1.18. The number of benzene rings is 2. The maximum atomic E-state index is 4.07. The molecule has 0 aliphatic rings. The fourth-order valence-corrected chi connectivity index (χ4v) is 3.06. The fraction of sp³-hybridized carbons (Fsp3) is 0.130. The van der Waals surface area contributed by atoms with E-state index in [-0.39, 0.29) is 0 Å². The Morgan fingerprint density at radius 1 is 1.00 bits per heavy atom. The highest BCUT2D eigenvalue weighted by atomic mass is 14.2. The van der Waals surface area contributed by atoms with Gasteiger partial charge in [0.05, 0.1) is 0 Å². The second-order valence-electron chi connectivity index (χ2n) is 5.42. The number of hydrogen-bond acceptors (Lipinski definition) is 0. The summed E-state index contributed by atoms with van der Waals surface area (Å²) in [6, 6.07) is 8.58. The first-order valence-corrected chi connectivity index (χ1v) is 7.95. The van der Waals surface area contributed by atoms with Crippen LogP contribution in [0.25, 0.3) is 28.5 Å². The zero-order chi connectivity index (χ0) is 16.8. The van der Waals surface area contributed by atoms with Crippen LogP contribution < -0.4 is 0 Å². The van der Waals surface area contributed by atoms with Crippen molar-refractivity contribution in [2.75, 3.05) is 0 Å². The van der Waals surface area contributed by atoms with Gasteiger partial charge in [-0.1, -0.05) is 80.0 Å². The third-order valence-electron chi connectivity index (χ3n) is 4.11. The van der Waals surface area contributed by atoms with Crippen LogP contribution in [-0.4, -0.2) is 0 Å². The van der Waals surface area contributed by atoms with Gasteiger partial charge < -0.3 is 0 Å². The van der Waals surface area contributed by atoms with Crippen LogP contribution in [-0.2, 0) is 0 Å². The Labute approximate surface area is 139 Å². The molecule has 2 aromatic rings. The lowest BCUT2D eigenvalue weighted by molar-refractivity contribution is 1.45. The summed E-state index contributed by atoms with van der Waals surface area (Å²) in [7, 11) is 0. The standard InChI is InChI=1S/C23H24/c1-6-10-14-18(8-3)23-19(9-4)20(13-7-2)17(5)21-15-11-12-16-22(21)23/h6-16H,1,4H2,2-3,5H3/b13-7-,14-10-,18-8+. The lowest BCUT2D eigenvalue weighted by Gasteiger charge is -2.18. The van der Waals surface area contributed by atoms with Crippen molar-refractivity contribution in [2.24, 2.45) is 0 Å². The molecule has 0 saturated heterocycles. The summed E-state index contributed by atoms with van der Waals surface area (Å²) in [5, 5.41) is 2.54. The molecule has 0 heteroatoms. The lowest BCUT2D eigenvalue weighted by atomic mass is 9.85. The Bertz CT molecular complexity index is 827. The predicted octanol–water partition coefficient (Wildman–Crippen LogP) is 6.97. The summed E-state index contributed by atoms with van der Waals surface area (Å²) in [6.45, 7) is 14.2. The predicted molar refractivity (Wildman–Crippen MR) is 106 cm³/mol. The molecular weight excluding hydrogens is 276 g/mol. The van der Waals surface area contributed by atoms with Crippen LogP contribution in [0.5, 0.6) is 0 Å². The van der Waals surface area contributed by atoms with E-state index in [0.717, 1.165) is 0 Å². The van der Waals surface area contributed by atoms with E-state index in [1.807, 2.05) is 12.2 Å². The van der Waals surface area contributed by atoms with E-state index in [1.165, 1.54) is 38.6 Å². The average molecular weight is 300 g/mol. The van der Waals surface area contributed by atoms with Crippen molar-refractivity contribution >= 4 is 28.5 Å². The molecule has 2 rings (SSSR count). The summed E-state index contributed by atoms with van der Waals surface area (Å²) in [5.41, 5.74) is 6.13. The topological polar surface area (TPSA) is 0 Å². The summed E-state index contributed by atoms with van der Waals surface area (Å²) in [5.74, 6) is 0. The SMILES string of the molecule is C=C/C=C\C(=C/C)c1c(C=C)c(/C=C\C)c(C)c2ccccc12. The molecule has 0 nitrogen and oxygen atoms in total. The van der Waals surface area contributed by atoms with Crippen molar-refractivity contribution in [1.29, 1.82) is 0 Å². The van der Waals surface area contributed by atoms with Gasteiger partial charge in [-0.15, -0.1) is 0 Å². The molecular formula is C23H24. The van der Waals surface area contributed by atoms with Gasteiger partial charge in [0.1, 0.15) is 0 Å². The minimum Gasteiger partial charge on any atom is -0.0991 e. The maximum absolute atomic E-state index is 4.07. The molecule has 0 aliphatic heterocycles. The summed E-state index contributed by atoms with van der Waals surface area (Å²) >= 11 is 0. The Morgan fingerprint density at radius 2 is 1.70 bits per heavy atom. The van der Waals surface area contributed by atoms with Crippen molar-refractivity contribution in [3.8, 4) is 0 Å². The van der Waals surface area contributed by atoms with E-state index in [2.05, 4.69) is 82.5 Å². The number of rotatable bonds is 5. The van der Waals surface area contributed by atoms with E-state index in [0.29, 0.717) is 0 Å². The van der Waals surface area contributed by atoms with Gasteiger partial charge >= 0.3 is 0 Å². The molecule has 116 valence electrons. The molecule has 0 saturated carbocycles. The molecule has 0 N–H and O–H groups in total. The second-order valence-corrected chi connectivity index (χ2v) is 5.42. The molecule has 23 heavy (non-hydrogen) atoms. The average Bonchev–Trinajstić information content (AvgIpc) is 2.59. The third kappa shape index (κ3) is 3.12. The van der Waals surface area contributed by atoms with E-state index in [1.54, 1.807) is 6.08 Å². The molecule has 0 bridgehead atoms. The molecule has 2 aromatic carbocycles. The van der Waals surface area contributed by atoms with Gasteiger partial charge in [-0.05, 0) is 59.4 Å². The molecule has 0 spiro atoms. The largest absolute Gasteiger partial charge is 0.0991 e. The zero-order valence-electron chi connectivity index (χ0n) is 14.3. The van der Waals surface area contributed by atoms with Crippen LogP contribution >= 0.6 is 0 Å². The molecule has 0 fully saturated rings. The molecule has 0 heterocycles. The molecule has 0 atom stereocenters. The normalized spacial score (nSPS) is 12.4. The fourth-order valence-electron chi connectivity index (χ4n) is 3.06. The molecule has 0 radical (unpaired) electrons. The monoisotopic (exact) mass is 300 g/mol. The van der Waals surface area contributed by atoms with Crippen LogP contribution in [0.4, 0.5) is 0 Å². The van der Waals surface area contributed by atoms with E-state index in [4.69, 9.17) is 0 Å². The molecule has 0 aliphatic carbocycles. The highest BCUT2D eigenvalue weighted by molar-refractivity contribution is 6.03. The van der Waals surface area contributed by atoms with Crippen molar-refractivity contribution < 1.29 is 0 Å². The number of aryl methyl sites for hydroxylation is 1. The van der Waals surface area contributed by atoms with Crippen LogP contribution in [0.15, 0.2) is 67.8 Å². The first-order chi connectivity index (χ1) is 11.2. The summed E-state index contributed by atoms with van der Waals surface area (Å²) < 4.78 is 0. The van der Waals surface area contributed by atoms with Crippen LogP contribution in [0.1, 0.15) is 36.1 Å². The quantitative estimate of drug-likeness (QED) is 0.523. The molecule has 0 unspecified atom stereocenters.